The van der Waals surface area contributed by atoms with Gasteiger partial charge >= 0.3 is 0 Å². The summed E-state index contributed by atoms with van der Waals surface area (Å²) in [6.45, 7) is 5.21. The van der Waals surface area contributed by atoms with Gasteiger partial charge in [-0.15, -0.1) is 11.3 Å². The Bertz CT molecular complexity index is 556. The van der Waals surface area contributed by atoms with E-state index in [0.717, 1.165) is 11.4 Å². The summed E-state index contributed by atoms with van der Waals surface area (Å²) in [4.78, 5) is 1.25. The van der Waals surface area contributed by atoms with Crippen LogP contribution >= 0.6 is 27.3 Å². The van der Waals surface area contributed by atoms with Crippen molar-refractivity contribution in [1.29, 1.82) is 0 Å². The van der Waals surface area contributed by atoms with E-state index in [1.807, 2.05) is 6.92 Å². The molecule has 120 valence electrons. The molecular weight excluding hydrogens is 380 g/mol. The summed E-state index contributed by atoms with van der Waals surface area (Å²) < 4.78 is 38.5. The fraction of sp³-hybridized carbons (Fsp3) is 0.667. The van der Waals surface area contributed by atoms with Crippen LogP contribution in [0.4, 0.5) is 0 Å². The van der Waals surface area contributed by atoms with Gasteiger partial charge in [0.05, 0.1) is 29.7 Å². The van der Waals surface area contributed by atoms with Gasteiger partial charge in [-0.05, 0) is 28.5 Å². The van der Waals surface area contributed by atoms with Crippen LogP contribution in [0.15, 0.2) is 14.7 Å². The average Bonchev–Trinajstić information content (AvgIpc) is 2.86. The van der Waals surface area contributed by atoms with Gasteiger partial charge in [0.25, 0.3) is 0 Å². The predicted octanol–water partition coefficient (Wildman–Crippen LogP) is 1.31. The molecule has 1 aromatic rings. The first-order valence-corrected chi connectivity index (χ1v) is 9.80. The maximum Gasteiger partial charge on any atom is 0.242 e. The van der Waals surface area contributed by atoms with Gasteiger partial charge in [0.2, 0.25) is 10.0 Å². The highest BCUT2D eigenvalue weighted by atomic mass is 79.9. The smallest absolute Gasteiger partial charge is 0.242 e. The number of nitrogens with one attached hydrogen (secondary N) is 2. The third-order valence-corrected chi connectivity index (χ3v) is 6.61. The Hall–Kier alpha value is -0.0300. The highest BCUT2D eigenvalue weighted by molar-refractivity contribution is 9.11. The lowest BCUT2D eigenvalue weighted by atomic mass is 10.3. The minimum absolute atomic E-state index is 0.215. The van der Waals surface area contributed by atoms with E-state index in [-0.39, 0.29) is 17.5 Å². The highest BCUT2D eigenvalue weighted by Crippen LogP contribution is 2.31. The van der Waals surface area contributed by atoms with E-state index in [0.29, 0.717) is 30.2 Å². The molecule has 2 N–H and O–H groups in total. The largest absolute Gasteiger partial charge is 0.376 e. The minimum atomic E-state index is -3.54. The molecule has 21 heavy (non-hydrogen) atoms. The molecule has 1 unspecified atom stereocenters. The van der Waals surface area contributed by atoms with Crippen LogP contribution in [-0.2, 0) is 26.0 Å². The Kier molecular flexibility index (Phi) is 6.60. The molecule has 1 atom stereocenters. The molecule has 0 aliphatic carbocycles. The number of sulfonamides is 1. The molecular formula is C12H19BrN2O4S2. The molecule has 0 bridgehead atoms. The van der Waals surface area contributed by atoms with Crippen molar-refractivity contribution in [2.24, 2.45) is 0 Å². The van der Waals surface area contributed by atoms with E-state index < -0.39 is 10.0 Å². The molecule has 1 fully saturated rings. The summed E-state index contributed by atoms with van der Waals surface area (Å²) in [6, 6.07) is 1.69. The second-order valence-electron chi connectivity index (χ2n) is 4.55. The number of hydrogen-bond acceptors (Lipinski definition) is 6. The molecule has 2 heterocycles. The molecule has 9 heteroatoms. The summed E-state index contributed by atoms with van der Waals surface area (Å²) >= 11 is 4.75. The van der Waals surface area contributed by atoms with E-state index in [9.17, 15) is 8.42 Å². The van der Waals surface area contributed by atoms with Gasteiger partial charge in [0, 0.05) is 18.0 Å². The van der Waals surface area contributed by atoms with Crippen LogP contribution in [0.5, 0.6) is 0 Å². The SMILES string of the molecule is CCNCc1cc(S(=O)(=O)NCC2COCCO2)c(Br)s1. The second kappa shape index (κ2) is 8.00. The van der Waals surface area contributed by atoms with Gasteiger partial charge in [-0.2, -0.15) is 0 Å². The fourth-order valence-electron chi connectivity index (χ4n) is 1.85. The van der Waals surface area contributed by atoms with Gasteiger partial charge in [-0.25, -0.2) is 13.1 Å². The Balaban J connectivity index is 1.99. The van der Waals surface area contributed by atoms with Gasteiger partial charge in [-0.3, -0.25) is 0 Å². The Morgan fingerprint density at radius 2 is 2.29 bits per heavy atom. The van der Waals surface area contributed by atoms with E-state index in [2.05, 4.69) is 26.0 Å². The van der Waals surface area contributed by atoms with E-state index >= 15 is 0 Å². The third kappa shape index (κ3) is 4.98. The highest BCUT2D eigenvalue weighted by Gasteiger charge is 2.23. The molecule has 0 radical (unpaired) electrons. The first-order chi connectivity index (χ1) is 10.0. The van der Waals surface area contributed by atoms with E-state index in [1.165, 1.54) is 11.3 Å². The van der Waals surface area contributed by atoms with E-state index in [4.69, 9.17) is 9.47 Å². The van der Waals surface area contributed by atoms with Crippen molar-refractivity contribution >= 4 is 37.3 Å². The van der Waals surface area contributed by atoms with Crippen molar-refractivity contribution in [2.75, 3.05) is 32.9 Å². The van der Waals surface area contributed by atoms with Crippen molar-refractivity contribution in [1.82, 2.24) is 10.0 Å². The lowest BCUT2D eigenvalue weighted by Crippen LogP contribution is -2.39. The Morgan fingerprint density at radius 3 is 2.95 bits per heavy atom. The zero-order valence-electron chi connectivity index (χ0n) is 11.7. The molecule has 1 aliphatic heterocycles. The first-order valence-electron chi connectivity index (χ1n) is 6.71. The quantitative estimate of drug-likeness (QED) is 0.723. The summed E-state index contributed by atoms with van der Waals surface area (Å²) in [6.07, 6.45) is -0.229. The zero-order chi connectivity index (χ0) is 15.3. The van der Waals surface area contributed by atoms with Gasteiger partial charge in [0.1, 0.15) is 4.90 Å². The van der Waals surface area contributed by atoms with Crippen molar-refractivity contribution < 1.29 is 17.9 Å². The number of hydrogen-bond donors (Lipinski definition) is 2. The second-order valence-corrected chi connectivity index (χ2v) is 8.74. The average molecular weight is 399 g/mol. The molecule has 2 rings (SSSR count). The molecule has 0 aromatic carbocycles. The van der Waals surface area contributed by atoms with Crippen LogP contribution < -0.4 is 10.0 Å². The van der Waals surface area contributed by atoms with Gasteiger partial charge in [-0.1, -0.05) is 6.92 Å². The summed E-state index contributed by atoms with van der Waals surface area (Å²) in [5, 5.41) is 3.18. The van der Waals surface area contributed by atoms with Crippen LogP contribution in [0.2, 0.25) is 0 Å². The van der Waals surface area contributed by atoms with Crippen molar-refractivity contribution in [2.45, 2.75) is 24.5 Å². The number of rotatable bonds is 7. The topological polar surface area (TPSA) is 76.7 Å². The number of halogens is 1. The minimum Gasteiger partial charge on any atom is -0.376 e. The number of thiophene rings is 1. The monoisotopic (exact) mass is 398 g/mol. The van der Waals surface area contributed by atoms with Crippen molar-refractivity contribution in [3.8, 4) is 0 Å². The summed E-state index contributed by atoms with van der Waals surface area (Å²) in [5.74, 6) is 0. The molecule has 0 saturated carbocycles. The van der Waals surface area contributed by atoms with Crippen LogP contribution in [-0.4, -0.2) is 47.4 Å². The van der Waals surface area contributed by atoms with Crippen LogP contribution in [0.25, 0.3) is 0 Å². The van der Waals surface area contributed by atoms with Crippen molar-refractivity contribution in [3.63, 3.8) is 0 Å². The fourth-order valence-corrected chi connectivity index (χ4v) is 5.57. The predicted molar refractivity (Wildman–Crippen MR) is 85.1 cm³/mol. The van der Waals surface area contributed by atoms with Crippen LogP contribution in [0.1, 0.15) is 11.8 Å². The Morgan fingerprint density at radius 1 is 1.48 bits per heavy atom. The molecule has 6 nitrogen and oxygen atoms in total. The molecule has 1 saturated heterocycles. The van der Waals surface area contributed by atoms with E-state index in [1.54, 1.807) is 6.07 Å². The normalized spacial score (nSPS) is 19.8. The number of ether oxygens (including phenoxy) is 2. The maximum absolute atomic E-state index is 12.3. The van der Waals surface area contributed by atoms with Crippen LogP contribution in [0, 0.1) is 0 Å². The lowest BCUT2D eigenvalue weighted by Gasteiger charge is -2.22. The standard InChI is InChI=1S/C12H19BrN2O4S2/c1-2-14-7-10-5-11(12(13)20-10)21(16,17)15-6-9-8-18-3-4-19-9/h5,9,14-15H,2-4,6-8H2,1H3. The molecule has 0 amide bonds. The van der Waals surface area contributed by atoms with Gasteiger partial charge < -0.3 is 14.8 Å². The summed E-state index contributed by atoms with van der Waals surface area (Å²) in [5.41, 5.74) is 0. The molecule has 1 aliphatic rings. The third-order valence-electron chi connectivity index (χ3n) is 2.93. The van der Waals surface area contributed by atoms with Gasteiger partial charge in [0.15, 0.2) is 0 Å². The zero-order valence-corrected chi connectivity index (χ0v) is 14.9. The maximum atomic E-state index is 12.3. The van der Waals surface area contributed by atoms with Crippen molar-refractivity contribution in [3.05, 3.63) is 14.7 Å². The lowest BCUT2D eigenvalue weighted by molar-refractivity contribution is -0.0846. The molecule has 1 aromatic heterocycles. The van der Waals surface area contributed by atoms with Crippen LogP contribution in [0.3, 0.4) is 0 Å². The molecule has 0 spiro atoms. The summed E-state index contributed by atoms with van der Waals surface area (Å²) in [7, 11) is -3.54. The Labute approximate surface area is 137 Å². The first kappa shape index (κ1) is 17.3.